The van der Waals surface area contributed by atoms with Gasteiger partial charge >= 0.3 is 6.03 Å². The molecule has 0 aromatic carbocycles. The Bertz CT molecular complexity index is 557. The van der Waals surface area contributed by atoms with Gasteiger partial charge in [0.1, 0.15) is 5.82 Å². The number of piperazine rings is 1. The predicted octanol–water partition coefficient (Wildman–Crippen LogP) is 1.15. The lowest BCUT2D eigenvalue weighted by atomic mass is 10.1. The summed E-state index contributed by atoms with van der Waals surface area (Å²) >= 11 is 0. The first-order valence-corrected chi connectivity index (χ1v) is 9.09. The van der Waals surface area contributed by atoms with Crippen LogP contribution in [0.2, 0.25) is 0 Å². The molecule has 0 spiro atoms. The van der Waals surface area contributed by atoms with Crippen LogP contribution < -0.4 is 10.2 Å². The molecule has 2 saturated heterocycles. The van der Waals surface area contributed by atoms with Gasteiger partial charge in [-0.05, 0) is 31.5 Å². The summed E-state index contributed by atoms with van der Waals surface area (Å²) in [6.45, 7) is 6.12. The van der Waals surface area contributed by atoms with Gasteiger partial charge in [-0.3, -0.25) is 0 Å². The molecule has 2 amide bonds. The molecule has 138 valence electrons. The van der Waals surface area contributed by atoms with Gasteiger partial charge < -0.3 is 24.8 Å². The van der Waals surface area contributed by atoms with Crippen molar-refractivity contribution < 1.29 is 9.53 Å². The molecule has 0 saturated carbocycles. The molecule has 2 fully saturated rings. The molecule has 3 heterocycles. The highest BCUT2D eigenvalue weighted by Gasteiger charge is 2.23. The number of amides is 2. The second-order valence-electron chi connectivity index (χ2n) is 6.92. The van der Waals surface area contributed by atoms with Gasteiger partial charge in [0, 0.05) is 59.1 Å². The Morgan fingerprint density at radius 3 is 2.76 bits per heavy atom. The molecule has 1 unspecified atom stereocenters. The second-order valence-corrected chi connectivity index (χ2v) is 6.92. The molecule has 1 N–H and O–H groups in total. The van der Waals surface area contributed by atoms with Gasteiger partial charge in [0.25, 0.3) is 0 Å². The Morgan fingerprint density at radius 2 is 2.08 bits per heavy atom. The molecule has 7 heteroatoms. The Hall–Kier alpha value is -1.86. The molecule has 0 aliphatic carbocycles. The first-order valence-electron chi connectivity index (χ1n) is 9.09. The minimum atomic E-state index is -0.0232. The molecule has 2 aliphatic rings. The fraction of sp³-hybridized carbons (Fsp3) is 0.667. The standard InChI is InChI=1S/C18H29N5O2/c1-21-8-10-22(11-9-21)17-6-5-15(12-19-17)13-20-18(24)23-7-3-4-16(14-23)25-2/h5-6,12,16H,3-4,7-11,13-14H2,1-2H3,(H,20,24). The molecular weight excluding hydrogens is 318 g/mol. The van der Waals surface area contributed by atoms with Crippen LogP contribution in [-0.4, -0.2) is 80.3 Å². The lowest BCUT2D eigenvalue weighted by Gasteiger charge is -2.33. The zero-order valence-electron chi connectivity index (χ0n) is 15.3. The monoisotopic (exact) mass is 347 g/mol. The van der Waals surface area contributed by atoms with Gasteiger partial charge in [0.05, 0.1) is 6.10 Å². The number of aromatic nitrogens is 1. The fourth-order valence-corrected chi connectivity index (χ4v) is 3.35. The number of methoxy groups -OCH3 is 1. The number of ether oxygens (including phenoxy) is 1. The van der Waals surface area contributed by atoms with E-state index in [2.05, 4.69) is 39.3 Å². The molecule has 0 radical (unpaired) electrons. The Balaban J connectivity index is 1.47. The molecule has 1 aromatic rings. The summed E-state index contributed by atoms with van der Waals surface area (Å²) in [7, 11) is 3.85. The smallest absolute Gasteiger partial charge is 0.317 e. The zero-order valence-corrected chi connectivity index (χ0v) is 15.3. The molecule has 1 atom stereocenters. The van der Waals surface area contributed by atoms with Crippen LogP contribution >= 0.6 is 0 Å². The number of nitrogens with one attached hydrogen (secondary N) is 1. The number of nitrogens with zero attached hydrogens (tertiary/aromatic N) is 4. The van der Waals surface area contributed by atoms with Crippen LogP contribution in [0.4, 0.5) is 10.6 Å². The zero-order chi connectivity index (χ0) is 17.6. The molecular formula is C18H29N5O2. The molecule has 25 heavy (non-hydrogen) atoms. The average Bonchev–Trinajstić information content (AvgIpc) is 2.67. The fourth-order valence-electron chi connectivity index (χ4n) is 3.35. The number of carbonyl (C=O) groups excluding carboxylic acids is 1. The summed E-state index contributed by atoms with van der Waals surface area (Å²) in [5.41, 5.74) is 1.02. The van der Waals surface area contributed by atoms with E-state index in [0.717, 1.165) is 56.9 Å². The lowest BCUT2D eigenvalue weighted by molar-refractivity contribution is 0.0434. The summed E-state index contributed by atoms with van der Waals surface area (Å²) in [4.78, 5) is 23.3. The van der Waals surface area contributed by atoms with Gasteiger partial charge in [-0.15, -0.1) is 0 Å². The number of hydrogen-bond donors (Lipinski definition) is 1. The number of hydrogen-bond acceptors (Lipinski definition) is 5. The number of likely N-dealkylation sites (N-methyl/N-ethyl adjacent to an activating group) is 1. The van der Waals surface area contributed by atoms with Crippen molar-refractivity contribution in [3.63, 3.8) is 0 Å². The normalized spacial score (nSPS) is 22.1. The van der Waals surface area contributed by atoms with E-state index in [4.69, 9.17) is 4.74 Å². The molecule has 7 nitrogen and oxygen atoms in total. The summed E-state index contributed by atoms with van der Waals surface area (Å²) < 4.78 is 5.37. The second kappa shape index (κ2) is 8.49. The van der Waals surface area contributed by atoms with E-state index < -0.39 is 0 Å². The number of piperidine rings is 1. The highest BCUT2D eigenvalue weighted by molar-refractivity contribution is 5.74. The predicted molar refractivity (Wildman–Crippen MR) is 97.8 cm³/mol. The number of pyridine rings is 1. The lowest BCUT2D eigenvalue weighted by Crippen LogP contribution is -2.47. The van der Waals surface area contributed by atoms with E-state index in [1.54, 1.807) is 7.11 Å². The van der Waals surface area contributed by atoms with Gasteiger partial charge in [0.2, 0.25) is 0 Å². The summed E-state index contributed by atoms with van der Waals surface area (Å²) in [5.74, 6) is 1.02. The van der Waals surface area contributed by atoms with Crippen molar-refractivity contribution >= 4 is 11.8 Å². The van der Waals surface area contributed by atoms with Crippen LogP contribution in [0.25, 0.3) is 0 Å². The van der Waals surface area contributed by atoms with Crippen molar-refractivity contribution in [3.05, 3.63) is 23.9 Å². The first-order chi connectivity index (χ1) is 12.2. The SMILES string of the molecule is COC1CCCN(C(=O)NCc2ccc(N3CCN(C)CC3)nc2)C1. The average molecular weight is 347 g/mol. The molecule has 1 aromatic heterocycles. The van der Waals surface area contributed by atoms with E-state index >= 15 is 0 Å². The van der Waals surface area contributed by atoms with E-state index in [1.165, 1.54) is 0 Å². The summed E-state index contributed by atoms with van der Waals surface area (Å²) in [6.07, 6.45) is 4.04. The van der Waals surface area contributed by atoms with Gasteiger partial charge in [-0.25, -0.2) is 9.78 Å². The summed E-state index contributed by atoms with van der Waals surface area (Å²) in [5, 5.41) is 2.99. The van der Waals surface area contributed by atoms with Crippen molar-refractivity contribution in [2.45, 2.75) is 25.5 Å². The third-order valence-corrected chi connectivity index (χ3v) is 5.08. The third-order valence-electron chi connectivity index (χ3n) is 5.08. The highest BCUT2D eigenvalue weighted by atomic mass is 16.5. The first kappa shape index (κ1) is 17.9. The summed E-state index contributed by atoms with van der Waals surface area (Å²) in [6, 6.07) is 4.08. The molecule has 3 rings (SSSR count). The maximum absolute atomic E-state index is 12.3. The van der Waals surface area contributed by atoms with Crippen molar-refractivity contribution in [3.8, 4) is 0 Å². The number of anilines is 1. The van der Waals surface area contributed by atoms with Crippen LogP contribution in [0, 0.1) is 0 Å². The maximum Gasteiger partial charge on any atom is 0.317 e. The van der Waals surface area contributed by atoms with Gasteiger partial charge in [-0.1, -0.05) is 6.07 Å². The Morgan fingerprint density at radius 1 is 1.28 bits per heavy atom. The third kappa shape index (κ3) is 4.83. The topological polar surface area (TPSA) is 60.9 Å². The number of rotatable bonds is 4. The minimum absolute atomic E-state index is 0.0232. The van der Waals surface area contributed by atoms with Crippen LogP contribution in [0.15, 0.2) is 18.3 Å². The van der Waals surface area contributed by atoms with Crippen molar-refractivity contribution in [1.82, 2.24) is 20.1 Å². The number of likely N-dealkylation sites (tertiary alicyclic amines) is 1. The van der Waals surface area contributed by atoms with E-state index in [9.17, 15) is 4.79 Å². The highest BCUT2D eigenvalue weighted by Crippen LogP contribution is 2.14. The van der Waals surface area contributed by atoms with Crippen molar-refractivity contribution in [2.24, 2.45) is 0 Å². The van der Waals surface area contributed by atoms with Crippen molar-refractivity contribution in [1.29, 1.82) is 0 Å². The quantitative estimate of drug-likeness (QED) is 0.885. The van der Waals surface area contributed by atoms with Crippen LogP contribution in [0.3, 0.4) is 0 Å². The molecule has 2 aliphatic heterocycles. The van der Waals surface area contributed by atoms with Crippen LogP contribution in [0.1, 0.15) is 18.4 Å². The Kier molecular flexibility index (Phi) is 6.09. The number of urea groups is 1. The molecule has 0 bridgehead atoms. The van der Waals surface area contributed by atoms with Gasteiger partial charge in [-0.2, -0.15) is 0 Å². The Labute approximate surface area is 149 Å². The van der Waals surface area contributed by atoms with Crippen LogP contribution in [-0.2, 0) is 11.3 Å². The van der Waals surface area contributed by atoms with E-state index in [0.29, 0.717) is 13.1 Å². The van der Waals surface area contributed by atoms with Gasteiger partial charge in [0.15, 0.2) is 0 Å². The van der Waals surface area contributed by atoms with E-state index in [1.807, 2.05) is 11.1 Å². The maximum atomic E-state index is 12.3. The largest absolute Gasteiger partial charge is 0.380 e. The van der Waals surface area contributed by atoms with Crippen LogP contribution in [0.5, 0.6) is 0 Å². The van der Waals surface area contributed by atoms with Crippen molar-refractivity contribution in [2.75, 3.05) is 58.3 Å². The number of carbonyl (C=O) groups is 1. The minimum Gasteiger partial charge on any atom is -0.380 e. The van der Waals surface area contributed by atoms with E-state index in [-0.39, 0.29) is 12.1 Å².